The lowest BCUT2D eigenvalue weighted by Gasteiger charge is -2.03. The van der Waals surface area contributed by atoms with Gasteiger partial charge in [0.25, 0.3) is 0 Å². The van der Waals surface area contributed by atoms with E-state index in [-0.39, 0.29) is 0 Å². The van der Waals surface area contributed by atoms with Crippen LogP contribution in [0.5, 0.6) is 0 Å². The van der Waals surface area contributed by atoms with E-state index < -0.39 is 0 Å². The lowest BCUT2D eigenvalue weighted by Crippen LogP contribution is -1.87. The molecule has 0 fully saturated rings. The number of hydrogen-bond acceptors (Lipinski definition) is 1. The molecule has 4 aromatic carbocycles. The minimum absolute atomic E-state index is 1.01. The van der Waals surface area contributed by atoms with Crippen LogP contribution in [-0.2, 0) is 0 Å². The number of benzene rings is 4. The van der Waals surface area contributed by atoms with Crippen LogP contribution in [0.3, 0.4) is 0 Å². The van der Waals surface area contributed by atoms with Gasteiger partial charge in [-0.3, -0.25) is 0 Å². The summed E-state index contributed by atoms with van der Waals surface area (Å²) in [6.45, 7) is 0. The first-order chi connectivity index (χ1) is 11.4. The van der Waals surface area contributed by atoms with E-state index in [1.54, 1.807) is 0 Å². The quantitative estimate of drug-likeness (QED) is 0.281. The smallest absolute Gasteiger partial charge is 0.0459 e. The molecular formula is C22H15N. The molecule has 23 heavy (non-hydrogen) atoms. The van der Waals surface area contributed by atoms with Crippen molar-refractivity contribution in [1.82, 2.24) is 0 Å². The average molecular weight is 293 g/mol. The largest absolute Gasteiger partial charge is 0.315 e. The van der Waals surface area contributed by atoms with Gasteiger partial charge in [0.1, 0.15) is 0 Å². The van der Waals surface area contributed by atoms with Crippen LogP contribution in [0.4, 0.5) is 5.69 Å². The van der Waals surface area contributed by atoms with Gasteiger partial charge < -0.3 is 5.32 Å². The SMILES string of the molecule is C(#Cc1ccc2cc3ccccc3cc2c1)Nc1ccccc1. The monoisotopic (exact) mass is 293 g/mol. The molecule has 0 aliphatic heterocycles. The topological polar surface area (TPSA) is 12.0 Å². The van der Waals surface area contributed by atoms with E-state index in [2.05, 4.69) is 71.9 Å². The van der Waals surface area contributed by atoms with Gasteiger partial charge in [-0.2, -0.15) is 0 Å². The number of rotatable bonds is 1. The maximum Gasteiger partial charge on any atom is 0.0459 e. The second-order valence-corrected chi connectivity index (χ2v) is 5.50. The molecule has 0 aromatic heterocycles. The summed E-state index contributed by atoms with van der Waals surface area (Å²) >= 11 is 0. The highest BCUT2D eigenvalue weighted by atomic mass is 14.8. The first-order valence-electron chi connectivity index (χ1n) is 7.63. The summed E-state index contributed by atoms with van der Waals surface area (Å²) in [5.74, 6) is 3.17. The average Bonchev–Trinajstić information content (AvgIpc) is 2.61. The highest BCUT2D eigenvalue weighted by Crippen LogP contribution is 2.23. The fourth-order valence-electron chi connectivity index (χ4n) is 2.71. The van der Waals surface area contributed by atoms with Crippen LogP contribution in [0, 0.1) is 12.0 Å². The van der Waals surface area contributed by atoms with E-state index in [9.17, 15) is 0 Å². The molecule has 0 aliphatic carbocycles. The third kappa shape index (κ3) is 2.88. The highest BCUT2D eigenvalue weighted by Gasteiger charge is 1.98. The fraction of sp³-hybridized carbons (Fsp3) is 0. The highest BCUT2D eigenvalue weighted by molar-refractivity contribution is 5.98. The Morgan fingerprint density at radius 3 is 2.00 bits per heavy atom. The van der Waals surface area contributed by atoms with Crippen LogP contribution >= 0.6 is 0 Å². The Morgan fingerprint density at radius 2 is 1.22 bits per heavy atom. The normalized spacial score (nSPS) is 10.3. The number of fused-ring (bicyclic) bond motifs is 2. The van der Waals surface area contributed by atoms with Crippen LogP contribution in [-0.4, -0.2) is 0 Å². The third-order valence-corrected chi connectivity index (χ3v) is 3.89. The van der Waals surface area contributed by atoms with Gasteiger partial charge >= 0.3 is 0 Å². The zero-order valence-corrected chi connectivity index (χ0v) is 12.6. The molecule has 1 nitrogen and oxygen atoms in total. The van der Waals surface area contributed by atoms with Gasteiger partial charge in [0.05, 0.1) is 0 Å². The Labute approximate surface area is 135 Å². The predicted octanol–water partition coefficient (Wildman–Crippen LogP) is 5.41. The minimum Gasteiger partial charge on any atom is -0.315 e. The van der Waals surface area contributed by atoms with Gasteiger partial charge in [0, 0.05) is 17.3 Å². The Morgan fingerprint density at radius 1 is 0.565 bits per heavy atom. The molecule has 0 aliphatic rings. The fourth-order valence-corrected chi connectivity index (χ4v) is 2.71. The molecule has 0 saturated heterocycles. The zero-order chi connectivity index (χ0) is 15.5. The molecule has 0 atom stereocenters. The van der Waals surface area contributed by atoms with E-state index in [1.165, 1.54) is 21.5 Å². The molecule has 0 heterocycles. The second-order valence-electron chi connectivity index (χ2n) is 5.50. The number of hydrogen-bond donors (Lipinski definition) is 1. The minimum atomic E-state index is 1.01. The Bertz CT molecular complexity index is 1040. The van der Waals surface area contributed by atoms with Crippen molar-refractivity contribution in [2.75, 3.05) is 5.32 Å². The van der Waals surface area contributed by atoms with Crippen molar-refractivity contribution in [3.8, 4) is 12.0 Å². The van der Waals surface area contributed by atoms with Crippen molar-refractivity contribution in [2.45, 2.75) is 0 Å². The van der Waals surface area contributed by atoms with Crippen molar-refractivity contribution >= 4 is 27.2 Å². The molecule has 0 spiro atoms. The number of nitrogens with one attached hydrogen (secondary N) is 1. The second kappa shape index (κ2) is 5.87. The van der Waals surface area contributed by atoms with Crippen molar-refractivity contribution in [1.29, 1.82) is 0 Å². The van der Waals surface area contributed by atoms with Crippen molar-refractivity contribution < 1.29 is 0 Å². The van der Waals surface area contributed by atoms with Crippen LogP contribution in [0.1, 0.15) is 5.56 Å². The predicted molar refractivity (Wildman–Crippen MR) is 98.4 cm³/mol. The summed E-state index contributed by atoms with van der Waals surface area (Å²) in [4.78, 5) is 0. The molecule has 0 amide bonds. The molecule has 1 heteroatoms. The van der Waals surface area contributed by atoms with Crippen molar-refractivity contribution in [3.05, 3.63) is 90.5 Å². The van der Waals surface area contributed by atoms with Gasteiger partial charge in [-0.15, -0.1) is 0 Å². The molecular weight excluding hydrogens is 278 g/mol. The maximum atomic E-state index is 3.17. The van der Waals surface area contributed by atoms with Crippen molar-refractivity contribution in [2.24, 2.45) is 0 Å². The standard InChI is InChI=1S/C22H15N/c1-2-8-22(9-3-1)23-13-12-17-10-11-20-15-18-6-4-5-7-19(18)16-21(20)14-17/h1-11,14-16,23H. The zero-order valence-electron chi connectivity index (χ0n) is 12.6. The molecule has 1 N–H and O–H groups in total. The first-order valence-corrected chi connectivity index (χ1v) is 7.63. The van der Waals surface area contributed by atoms with Crippen LogP contribution < -0.4 is 5.32 Å². The molecule has 0 bridgehead atoms. The van der Waals surface area contributed by atoms with E-state index in [4.69, 9.17) is 0 Å². The lowest BCUT2D eigenvalue weighted by molar-refractivity contribution is 1.62. The number of para-hydroxylation sites is 1. The van der Waals surface area contributed by atoms with Crippen LogP contribution in [0.2, 0.25) is 0 Å². The molecule has 4 rings (SSSR count). The molecule has 0 radical (unpaired) electrons. The molecule has 4 aromatic rings. The first kappa shape index (κ1) is 13.4. The Kier molecular flexibility index (Phi) is 3.42. The molecule has 0 saturated carbocycles. The van der Waals surface area contributed by atoms with Gasteiger partial charge in [-0.1, -0.05) is 48.5 Å². The van der Waals surface area contributed by atoms with Crippen LogP contribution in [0.15, 0.2) is 84.9 Å². The summed E-state index contributed by atoms with van der Waals surface area (Å²) in [6.07, 6.45) is 0. The van der Waals surface area contributed by atoms with E-state index in [0.29, 0.717) is 0 Å². The van der Waals surface area contributed by atoms with Gasteiger partial charge in [-0.05, 0) is 63.9 Å². The van der Waals surface area contributed by atoms with Crippen LogP contribution in [0.25, 0.3) is 21.5 Å². The van der Waals surface area contributed by atoms with Gasteiger partial charge in [0.2, 0.25) is 0 Å². The van der Waals surface area contributed by atoms with E-state index >= 15 is 0 Å². The van der Waals surface area contributed by atoms with Crippen molar-refractivity contribution in [3.63, 3.8) is 0 Å². The van der Waals surface area contributed by atoms with E-state index in [1.807, 2.05) is 30.3 Å². The summed E-state index contributed by atoms with van der Waals surface area (Å²) in [5, 5.41) is 8.09. The van der Waals surface area contributed by atoms with Gasteiger partial charge in [0.15, 0.2) is 0 Å². The molecule has 0 unspecified atom stereocenters. The Balaban J connectivity index is 1.67. The summed E-state index contributed by atoms with van der Waals surface area (Å²) in [5.41, 5.74) is 2.02. The molecule has 108 valence electrons. The maximum absolute atomic E-state index is 3.17. The summed E-state index contributed by atoms with van der Waals surface area (Å²) in [6, 6.07) is 32.2. The lowest BCUT2D eigenvalue weighted by atomic mass is 10.0. The van der Waals surface area contributed by atoms with Gasteiger partial charge in [-0.25, -0.2) is 0 Å². The van der Waals surface area contributed by atoms with E-state index in [0.717, 1.165) is 11.3 Å². The third-order valence-electron chi connectivity index (χ3n) is 3.89. The summed E-state index contributed by atoms with van der Waals surface area (Å²) < 4.78 is 0. The number of anilines is 1. The summed E-state index contributed by atoms with van der Waals surface area (Å²) in [7, 11) is 0. The Hall–Kier alpha value is -3.24.